The minimum Gasteiger partial charge on any atom is -0.461 e. The molecule has 24 heavy (non-hydrogen) atoms. The van der Waals surface area contributed by atoms with E-state index in [1.54, 1.807) is 13.8 Å². The van der Waals surface area contributed by atoms with Crippen LogP contribution in [0.3, 0.4) is 0 Å². The van der Waals surface area contributed by atoms with E-state index in [0.717, 1.165) is 11.4 Å². The standard InChI is InChI=1S/C18H20N4O2/c1-3-24-18(23)17(22-21-16-12-8-5-9-13-16)14(2)19-20-15-10-6-4-7-11-15/h4-13,20-21H,3H2,1-2H3/b19-14+,22-17-. The maximum absolute atomic E-state index is 12.1. The summed E-state index contributed by atoms with van der Waals surface area (Å²) in [6.07, 6.45) is 0. The van der Waals surface area contributed by atoms with Crippen LogP contribution in [0.1, 0.15) is 13.8 Å². The van der Waals surface area contributed by atoms with Crippen molar-refractivity contribution in [2.75, 3.05) is 17.5 Å². The largest absolute Gasteiger partial charge is 0.461 e. The van der Waals surface area contributed by atoms with E-state index in [-0.39, 0.29) is 12.3 Å². The predicted molar refractivity (Wildman–Crippen MR) is 97.3 cm³/mol. The van der Waals surface area contributed by atoms with Gasteiger partial charge in [-0.3, -0.25) is 10.9 Å². The van der Waals surface area contributed by atoms with Crippen molar-refractivity contribution in [1.82, 2.24) is 0 Å². The molecule has 2 aromatic rings. The van der Waals surface area contributed by atoms with Crippen molar-refractivity contribution in [2.24, 2.45) is 10.2 Å². The Bertz CT molecular complexity index is 712. The lowest BCUT2D eigenvalue weighted by Gasteiger charge is -2.08. The van der Waals surface area contributed by atoms with Gasteiger partial charge in [0.15, 0.2) is 5.71 Å². The normalized spacial score (nSPS) is 11.8. The van der Waals surface area contributed by atoms with Gasteiger partial charge in [-0.25, -0.2) is 4.79 Å². The van der Waals surface area contributed by atoms with Crippen molar-refractivity contribution in [3.8, 4) is 0 Å². The second-order valence-electron chi connectivity index (χ2n) is 4.83. The van der Waals surface area contributed by atoms with Crippen LogP contribution in [0, 0.1) is 0 Å². The summed E-state index contributed by atoms with van der Waals surface area (Å²) in [4.78, 5) is 12.1. The fourth-order valence-electron chi connectivity index (χ4n) is 1.82. The molecule has 0 spiro atoms. The molecule has 2 N–H and O–H groups in total. The molecule has 6 nitrogen and oxygen atoms in total. The number of carbonyl (C=O) groups excluding carboxylic acids is 1. The number of hydrogen-bond acceptors (Lipinski definition) is 6. The van der Waals surface area contributed by atoms with Crippen LogP contribution in [-0.2, 0) is 9.53 Å². The van der Waals surface area contributed by atoms with Crippen LogP contribution >= 0.6 is 0 Å². The van der Waals surface area contributed by atoms with E-state index in [0.29, 0.717) is 5.71 Å². The van der Waals surface area contributed by atoms with Crippen molar-refractivity contribution in [1.29, 1.82) is 0 Å². The number of esters is 1. The van der Waals surface area contributed by atoms with Crippen molar-refractivity contribution < 1.29 is 9.53 Å². The SMILES string of the molecule is CCOC(=O)C(=N\Nc1ccccc1)/C(C)=N/Nc1ccccc1. The van der Waals surface area contributed by atoms with Gasteiger partial charge in [0.25, 0.3) is 0 Å². The quantitative estimate of drug-likeness (QED) is 0.464. The molecule has 0 atom stereocenters. The number of benzene rings is 2. The van der Waals surface area contributed by atoms with Crippen LogP contribution in [-0.4, -0.2) is 24.0 Å². The van der Waals surface area contributed by atoms with Crippen molar-refractivity contribution in [3.05, 3.63) is 60.7 Å². The Morgan fingerprint density at radius 3 is 1.92 bits per heavy atom. The molecule has 0 heterocycles. The molecule has 2 aromatic carbocycles. The van der Waals surface area contributed by atoms with Gasteiger partial charge in [0.2, 0.25) is 0 Å². The number of nitrogens with zero attached hydrogens (tertiary/aromatic N) is 2. The fourth-order valence-corrected chi connectivity index (χ4v) is 1.82. The molecule has 0 fully saturated rings. The summed E-state index contributed by atoms with van der Waals surface area (Å²) in [5.74, 6) is -0.531. The molecule has 124 valence electrons. The van der Waals surface area contributed by atoms with Gasteiger partial charge in [-0.15, -0.1) is 0 Å². The van der Waals surface area contributed by atoms with E-state index in [1.807, 2.05) is 60.7 Å². The van der Waals surface area contributed by atoms with E-state index in [1.165, 1.54) is 0 Å². The molecule has 2 rings (SSSR count). The number of hydrazone groups is 2. The van der Waals surface area contributed by atoms with Crippen LogP contribution in [0.25, 0.3) is 0 Å². The zero-order chi connectivity index (χ0) is 17.2. The second kappa shape index (κ2) is 9.09. The zero-order valence-electron chi connectivity index (χ0n) is 13.7. The Balaban J connectivity index is 2.16. The summed E-state index contributed by atoms with van der Waals surface area (Å²) in [6, 6.07) is 18.8. The van der Waals surface area contributed by atoms with Crippen LogP contribution in [0.5, 0.6) is 0 Å². The Morgan fingerprint density at radius 1 is 0.917 bits per heavy atom. The lowest BCUT2D eigenvalue weighted by molar-refractivity contribution is -0.134. The Hall–Kier alpha value is -3.15. The third kappa shape index (κ3) is 5.24. The number of rotatable bonds is 7. The minimum absolute atomic E-state index is 0.115. The summed E-state index contributed by atoms with van der Waals surface area (Å²) in [6.45, 7) is 3.70. The van der Waals surface area contributed by atoms with Crippen LogP contribution in [0.4, 0.5) is 11.4 Å². The maximum atomic E-state index is 12.1. The fraction of sp³-hybridized carbons (Fsp3) is 0.167. The number of anilines is 2. The summed E-state index contributed by atoms with van der Waals surface area (Å²) in [7, 11) is 0. The van der Waals surface area contributed by atoms with Gasteiger partial charge >= 0.3 is 5.97 Å². The van der Waals surface area contributed by atoms with Gasteiger partial charge in [-0.05, 0) is 38.1 Å². The van der Waals surface area contributed by atoms with Gasteiger partial charge in [-0.1, -0.05) is 36.4 Å². The van der Waals surface area contributed by atoms with E-state index in [2.05, 4.69) is 21.1 Å². The highest BCUT2D eigenvalue weighted by Gasteiger charge is 2.17. The monoisotopic (exact) mass is 324 g/mol. The highest BCUT2D eigenvalue weighted by molar-refractivity contribution is 6.65. The lowest BCUT2D eigenvalue weighted by Crippen LogP contribution is -2.26. The van der Waals surface area contributed by atoms with Crippen molar-refractivity contribution in [2.45, 2.75) is 13.8 Å². The molecule has 6 heteroatoms. The lowest BCUT2D eigenvalue weighted by atomic mass is 10.2. The average Bonchev–Trinajstić information content (AvgIpc) is 2.62. The summed E-state index contributed by atoms with van der Waals surface area (Å²) >= 11 is 0. The molecule has 0 aliphatic rings. The third-order valence-corrected chi connectivity index (χ3v) is 3.01. The van der Waals surface area contributed by atoms with Gasteiger partial charge in [0.05, 0.1) is 23.7 Å². The number of nitrogens with one attached hydrogen (secondary N) is 2. The molecule has 0 amide bonds. The number of para-hydroxylation sites is 2. The zero-order valence-corrected chi connectivity index (χ0v) is 13.7. The topological polar surface area (TPSA) is 75.1 Å². The molecule has 0 bridgehead atoms. The molecular weight excluding hydrogens is 304 g/mol. The van der Waals surface area contributed by atoms with Gasteiger partial charge in [0, 0.05) is 0 Å². The smallest absolute Gasteiger partial charge is 0.360 e. The third-order valence-electron chi connectivity index (χ3n) is 3.01. The molecule has 0 aliphatic heterocycles. The maximum Gasteiger partial charge on any atom is 0.360 e. The van der Waals surface area contributed by atoms with Crippen molar-refractivity contribution in [3.63, 3.8) is 0 Å². The Morgan fingerprint density at radius 2 is 1.42 bits per heavy atom. The molecular formula is C18H20N4O2. The second-order valence-corrected chi connectivity index (χ2v) is 4.83. The molecule has 0 saturated carbocycles. The van der Waals surface area contributed by atoms with E-state index < -0.39 is 5.97 Å². The Labute approximate surface area is 141 Å². The highest BCUT2D eigenvalue weighted by Crippen LogP contribution is 2.07. The Kier molecular flexibility index (Phi) is 6.52. The summed E-state index contributed by atoms with van der Waals surface area (Å²) < 4.78 is 5.05. The number of hydrogen-bond donors (Lipinski definition) is 2. The van der Waals surface area contributed by atoms with Gasteiger partial charge in [0.1, 0.15) is 0 Å². The number of carbonyl (C=O) groups is 1. The van der Waals surface area contributed by atoms with E-state index in [9.17, 15) is 4.79 Å². The van der Waals surface area contributed by atoms with Gasteiger partial charge in [-0.2, -0.15) is 10.2 Å². The van der Waals surface area contributed by atoms with E-state index >= 15 is 0 Å². The van der Waals surface area contributed by atoms with Crippen LogP contribution in [0.15, 0.2) is 70.9 Å². The molecule has 0 radical (unpaired) electrons. The summed E-state index contributed by atoms with van der Waals surface area (Å²) in [5.41, 5.74) is 7.85. The average molecular weight is 324 g/mol. The van der Waals surface area contributed by atoms with E-state index in [4.69, 9.17) is 4.74 Å². The predicted octanol–water partition coefficient (Wildman–Crippen LogP) is 3.51. The molecule has 0 unspecified atom stereocenters. The molecule has 0 aliphatic carbocycles. The van der Waals surface area contributed by atoms with Crippen LogP contribution < -0.4 is 10.9 Å². The first kappa shape index (κ1) is 17.2. The highest BCUT2D eigenvalue weighted by atomic mass is 16.5. The van der Waals surface area contributed by atoms with Crippen LogP contribution in [0.2, 0.25) is 0 Å². The first-order valence-corrected chi connectivity index (χ1v) is 7.62. The first-order valence-electron chi connectivity index (χ1n) is 7.62. The molecule has 0 saturated heterocycles. The number of ether oxygens (including phenoxy) is 1. The first-order chi connectivity index (χ1) is 11.7. The molecule has 0 aromatic heterocycles. The van der Waals surface area contributed by atoms with Gasteiger partial charge < -0.3 is 4.74 Å². The van der Waals surface area contributed by atoms with Crippen molar-refractivity contribution >= 4 is 28.8 Å². The summed E-state index contributed by atoms with van der Waals surface area (Å²) in [5, 5.41) is 8.35. The minimum atomic E-state index is -0.531.